The lowest BCUT2D eigenvalue weighted by Crippen LogP contribution is -2.13. The average Bonchev–Trinajstić information content (AvgIpc) is 3.29. The van der Waals surface area contributed by atoms with E-state index >= 15 is 0 Å². The molecule has 0 atom stereocenters. The van der Waals surface area contributed by atoms with Gasteiger partial charge >= 0.3 is 0 Å². The topological polar surface area (TPSA) is 106 Å². The molecule has 2 aromatic carbocycles. The number of hydrogen-bond donors (Lipinski definition) is 1. The number of methoxy groups -OCH3 is 1. The van der Waals surface area contributed by atoms with Gasteiger partial charge < -0.3 is 14.2 Å². The number of aryl methyl sites for hydroxylation is 2. The largest absolute Gasteiger partial charge is 0.493 e. The van der Waals surface area contributed by atoms with E-state index in [2.05, 4.69) is 15.5 Å². The Morgan fingerprint density at radius 1 is 1.21 bits per heavy atom. The van der Waals surface area contributed by atoms with Gasteiger partial charge in [0.15, 0.2) is 11.5 Å². The maximum atomic E-state index is 12.5. The van der Waals surface area contributed by atoms with Gasteiger partial charge in [-0.25, -0.2) is 0 Å². The first-order chi connectivity index (χ1) is 16.4. The summed E-state index contributed by atoms with van der Waals surface area (Å²) in [5.74, 6) is 0.902. The number of aromatic nitrogens is 2. The molecular formula is C24H23ClN4O4S. The summed E-state index contributed by atoms with van der Waals surface area (Å²) in [5, 5.41) is 21.3. The first kappa shape index (κ1) is 25.0. The third-order valence-electron chi connectivity index (χ3n) is 4.60. The van der Waals surface area contributed by atoms with Crippen LogP contribution in [0.15, 0.2) is 42.0 Å². The number of halogens is 1. The van der Waals surface area contributed by atoms with Gasteiger partial charge in [0.2, 0.25) is 5.13 Å². The third kappa shape index (κ3) is 6.47. The summed E-state index contributed by atoms with van der Waals surface area (Å²) in [5.41, 5.74) is 1.42. The van der Waals surface area contributed by atoms with E-state index < -0.39 is 5.91 Å². The number of hydrogen-bond acceptors (Lipinski definition) is 8. The molecule has 0 aliphatic heterocycles. The van der Waals surface area contributed by atoms with E-state index in [0.717, 1.165) is 16.3 Å². The van der Waals surface area contributed by atoms with Crippen molar-refractivity contribution in [3.05, 3.63) is 63.1 Å². The molecule has 0 spiro atoms. The minimum Gasteiger partial charge on any atom is -0.493 e. The number of para-hydroxylation sites is 1. The van der Waals surface area contributed by atoms with Gasteiger partial charge in [-0.1, -0.05) is 48.1 Å². The number of rotatable bonds is 10. The van der Waals surface area contributed by atoms with Crippen molar-refractivity contribution in [1.29, 1.82) is 5.26 Å². The first-order valence-corrected chi connectivity index (χ1v) is 11.6. The van der Waals surface area contributed by atoms with Crippen molar-refractivity contribution in [2.75, 3.05) is 25.6 Å². The summed E-state index contributed by atoms with van der Waals surface area (Å²) >= 11 is 7.67. The fourth-order valence-corrected chi connectivity index (χ4v) is 3.85. The van der Waals surface area contributed by atoms with Gasteiger partial charge in [0.25, 0.3) is 5.91 Å². The highest BCUT2D eigenvalue weighted by Crippen LogP contribution is 2.37. The molecule has 176 valence electrons. The van der Waals surface area contributed by atoms with E-state index in [1.54, 1.807) is 12.1 Å². The van der Waals surface area contributed by atoms with E-state index in [0.29, 0.717) is 35.2 Å². The van der Waals surface area contributed by atoms with Crippen LogP contribution >= 0.6 is 22.9 Å². The lowest BCUT2D eigenvalue weighted by molar-refractivity contribution is -0.112. The zero-order chi connectivity index (χ0) is 24.5. The molecule has 1 N–H and O–H groups in total. The Morgan fingerprint density at radius 2 is 1.97 bits per heavy atom. The van der Waals surface area contributed by atoms with E-state index in [9.17, 15) is 10.1 Å². The second-order valence-electron chi connectivity index (χ2n) is 6.97. The normalized spacial score (nSPS) is 11.0. The van der Waals surface area contributed by atoms with Crippen molar-refractivity contribution in [2.24, 2.45) is 0 Å². The second-order valence-corrected chi connectivity index (χ2v) is 8.44. The number of carbonyl (C=O) groups excluding carboxylic acids is 1. The zero-order valence-electron chi connectivity index (χ0n) is 18.9. The van der Waals surface area contributed by atoms with Crippen LogP contribution in [0.3, 0.4) is 0 Å². The maximum absolute atomic E-state index is 12.5. The molecule has 0 aliphatic carbocycles. The van der Waals surface area contributed by atoms with Crippen LogP contribution in [0.1, 0.15) is 23.1 Å². The Balaban J connectivity index is 1.69. The number of anilines is 1. The number of ether oxygens (including phenoxy) is 3. The Labute approximate surface area is 206 Å². The molecule has 3 aromatic rings. The molecule has 0 radical (unpaired) electrons. The summed E-state index contributed by atoms with van der Waals surface area (Å²) in [4.78, 5) is 12.5. The van der Waals surface area contributed by atoms with Crippen LogP contribution in [-0.2, 0) is 11.2 Å². The SMILES string of the molecule is CCc1nnc(NC(=O)/C(C#N)=C\c2cc(Cl)c(OCCOc3ccccc3C)c(OC)c2)s1. The fourth-order valence-electron chi connectivity index (χ4n) is 2.90. The summed E-state index contributed by atoms with van der Waals surface area (Å²) in [7, 11) is 1.48. The quantitative estimate of drug-likeness (QED) is 0.236. The first-order valence-electron chi connectivity index (χ1n) is 10.4. The number of amides is 1. The predicted molar refractivity (Wildman–Crippen MR) is 132 cm³/mol. The highest BCUT2D eigenvalue weighted by molar-refractivity contribution is 7.15. The fraction of sp³-hybridized carbons (Fsp3) is 0.250. The van der Waals surface area contributed by atoms with Gasteiger partial charge in [-0.05, 0) is 48.7 Å². The van der Waals surface area contributed by atoms with Crippen LogP contribution in [0.2, 0.25) is 5.02 Å². The molecule has 0 aliphatic rings. The molecule has 34 heavy (non-hydrogen) atoms. The summed E-state index contributed by atoms with van der Waals surface area (Å²) in [6.07, 6.45) is 2.12. The van der Waals surface area contributed by atoms with Crippen LogP contribution in [0.25, 0.3) is 6.08 Å². The number of carbonyl (C=O) groups is 1. The van der Waals surface area contributed by atoms with E-state index in [4.69, 9.17) is 25.8 Å². The number of nitrogens with one attached hydrogen (secondary N) is 1. The minimum absolute atomic E-state index is 0.119. The summed E-state index contributed by atoms with van der Waals surface area (Å²) in [6.45, 7) is 4.46. The summed E-state index contributed by atoms with van der Waals surface area (Å²) < 4.78 is 16.9. The number of nitrogens with zero attached hydrogens (tertiary/aromatic N) is 3. The number of benzene rings is 2. The lowest BCUT2D eigenvalue weighted by Gasteiger charge is -2.14. The minimum atomic E-state index is -0.593. The molecule has 0 saturated carbocycles. The monoisotopic (exact) mass is 498 g/mol. The predicted octanol–water partition coefficient (Wildman–Crippen LogP) is 5.07. The van der Waals surface area contributed by atoms with Crippen molar-refractivity contribution in [2.45, 2.75) is 20.3 Å². The molecule has 3 rings (SSSR count). The molecule has 0 unspecified atom stereocenters. The van der Waals surface area contributed by atoms with Crippen molar-refractivity contribution in [3.63, 3.8) is 0 Å². The van der Waals surface area contributed by atoms with E-state index in [-0.39, 0.29) is 17.2 Å². The molecular weight excluding hydrogens is 476 g/mol. The van der Waals surface area contributed by atoms with Gasteiger partial charge in [-0.3, -0.25) is 10.1 Å². The van der Waals surface area contributed by atoms with Crippen molar-refractivity contribution in [3.8, 4) is 23.3 Å². The van der Waals surface area contributed by atoms with Gasteiger partial charge in [-0.2, -0.15) is 5.26 Å². The lowest BCUT2D eigenvalue weighted by atomic mass is 10.1. The molecule has 1 heterocycles. The molecule has 0 bridgehead atoms. The third-order valence-corrected chi connectivity index (χ3v) is 5.86. The van der Waals surface area contributed by atoms with Crippen LogP contribution in [-0.4, -0.2) is 36.4 Å². The van der Waals surface area contributed by atoms with Crippen molar-refractivity contribution >= 4 is 40.1 Å². The van der Waals surface area contributed by atoms with E-state index in [1.807, 2.05) is 44.2 Å². The maximum Gasteiger partial charge on any atom is 0.268 e. The second kappa shape index (κ2) is 12.0. The molecule has 0 fully saturated rings. The Kier molecular flexibility index (Phi) is 8.85. The van der Waals surface area contributed by atoms with Crippen LogP contribution in [0.5, 0.6) is 17.2 Å². The standard InChI is InChI=1S/C24H23ClN4O4S/c1-4-21-28-29-24(34-21)27-23(30)17(14-26)11-16-12-18(25)22(20(13-16)31-3)33-10-9-32-19-8-6-5-7-15(19)2/h5-8,11-13H,4,9-10H2,1-3H3,(H,27,29,30)/b17-11-. The molecule has 1 amide bonds. The van der Waals surface area contributed by atoms with Crippen molar-refractivity contribution in [1.82, 2.24) is 10.2 Å². The van der Waals surface area contributed by atoms with Crippen molar-refractivity contribution < 1.29 is 19.0 Å². The highest BCUT2D eigenvalue weighted by Gasteiger charge is 2.16. The average molecular weight is 499 g/mol. The molecule has 8 nitrogen and oxygen atoms in total. The molecule has 1 aromatic heterocycles. The molecule has 10 heteroatoms. The van der Waals surface area contributed by atoms with Crippen LogP contribution in [0.4, 0.5) is 5.13 Å². The number of nitriles is 1. The molecule has 0 saturated heterocycles. The van der Waals surface area contributed by atoms with Gasteiger partial charge in [-0.15, -0.1) is 10.2 Å². The Hall–Kier alpha value is -3.61. The van der Waals surface area contributed by atoms with Crippen LogP contribution in [0, 0.1) is 18.3 Å². The smallest absolute Gasteiger partial charge is 0.268 e. The van der Waals surface area contributed by atoms with Crippen LogP contribution < -0.4 is 19.5 Å². The Morgan fingerprint density at radius 3 is 2.65 bits per heavy atom. The highest BCUT2D eigenvalue weighted by atomic mass is 35.5. The van der Waals surface area contributed by atoms with Gasteiger partial charge in [0, 0.05) is 0 Å². The van der Waals surface area contributed by atoms with Gasteiger partial charge in [0.1, 0.15) is 35.6 Å². The zero-order valence-corrected chi connectivity index (χ0v) is 20.5. The van der Waals surface area contributed by atoms with E-state index in [1.165, 1.54) is 24.5 Å². The summed E-state index contributed by atoms with van der Waals surface area (Å²) in [6, 6.07) is 12.8. The Bertz CT molecular complexity index is 1240. The van der Waals surface area contributed by atoms with Gasteiger partial charge in [0.05, 0.1) is 12.1 Å².